The van der Waals surface area contributed by atoms with Crippen LogP contribution in [0.5, 0.6) is 0 Å². The second-order valence-corrected chi connectivity index (χ2v) is 3.83. The Morgan fingerprint density at radius 1 is 1.59 bits per heavy atom. The minimum atomic E-state index is -0.219. The van der Waals surface area contributed by atoms with Crippen molar-refractivity contribution in [2.75, 3.05) is 18.9 Å². The molecule has 2 rings (SSSR count). The summed E-state index contributed by atoms with van der Waals surface area (Å²) in [6.07, 6.45) is 1.95. The summed E-state index contributed by atoms with van der Waals surface area (Å²) < 4.78 is 0. The van der Waals surface area contributed by atoms with Crippen LogP contribution >= 0.6 is 0 Å². The molecule has 17 heavy (non-hydrogen) atoms. The smallest absolute Gasteiger partial charge is 0.255 e. The summed E-state index contributed by atoms with van der Waals surface area (Å²) in [6, 6.07) is 3.26. The number of pyridine rings is 1. The zero-order valence-corrected chi connectivity index (χ0v) is 9.49. The monoisotopic (exact) mass is 234 g/mol. The van der Waals surface area contributed by atoms with Crippen molar-refractivity contribution in [3.05, 3.63) is 23.9 Å². The molecule has 90 valence electrons. The molecule has 2 heterocycles. The Bertz CT molecular complexity index is 447. The zero-order valence-electron chi connectivity index (χ0n) is 9.49. The molecule has 0 aromatic carbocycles. The zero-order chi connectivity index (χ0) is 12.3. The van der Waals surface area contributed by atoms with E-state index in [1.54, 1.807) is 25.4 Å². The van der Waals surface area contributed by atoms with Crippen molar-refractivity contribution < 1.29 is 9.59 Å². The van der Waals surface area contributed by atoms with E-state index in [-0.39, 0.29) is 17.9 Å². The number of carbonyl (C=O) groups is 2. The normalized spacial score (nSPS) is 18.6. The summed E-state index contributed by atoms with van der Waals surface area (Å²) in [5, 5.41) is 8.32. The van der Waals surface area contributed by atoms with Crippen molar-refractivity contribution >= 4 is 17.6 Å². The van der Waals surface area contributed by atoms with Gasteiger partial charge in [-0.3, -0.25) is 9.59 Å². The molecule has 1 fully saturated rings. The number of hydrogen-bond acceptors (Lipinski definition) is 4. The van der Waals surface area contributed by atoms with E-state index in [4.69, 9.17) is 0 Å². The number of amides is 2. The Labute approximate surface area is 98.8 Å². The molecule has 1 aliphatic heterocycles. The molecule has 6 nitrogen and oxygen atoms in total. The SMILES string of the molecule is CNc1ncccc1C(=O)NC1CNC(=O)C1. The van der Waals surface area contributed by atoms with Crippen LogP contribution < -0.4 is 16.0 Å². The maximum absolute atomic E-state index is 12.0. The molecule has 0 spiro atoms. The lowest BCUT2D eigenvalue weighted by Crippen LogP contribution is -2.36. The van der Waals surface area contributed by atoms with Crippen LogP contribution in [-0.4, -0.2) is 36.4 Å². The molecular weight excluding hydrogens is 220 g/mol. The van der Waals surface area contributed by atoms with Gasteiger partial charge >= 0.3 is 0 Å². The summed E-state index contributed by atoms with van der Waals surface area (Å²) in [4.78, 5) is 27.0. The summed E-state index contributed by atoms with van der Waals surface area (Å²) in [6.45, 7) is 0.486. The van der Waals surface area contributed by atoms with Crippen LogP contribution in [0.1, 0.15) is 16.8 Å². The van der Waals surface area contributed by atoms with Gasteiger partial charge in [0.25, 0.3) is 5.91 Å². The molecule has 3 N–H and O–H groups in total. The largest absolute Gasteiger partial charge is 0.372 e. The first-order valence-corrected chi connectivity index (χ1v) is 5.41. The number of anilines is 1. The third-order valence-electron chi connectivity index (χ3n) is 2.60. The number of rotatable bonds is 3. The van der Waals surface area contributed by atoms with Crippen molar-refractivity contribution in [1.82, 2.24) is 15.6 Å². The topological polar surface area (TPSA) is 83.1 Å². The van der Waals surface area contributed by atoms with E-state index in [1.165, 1.54) is 0 Å². The van der Waals surface area contributed by atoms with E-state index in [1.807, 2.05) is 0 Å². The van der Waals surface area contributed by atoms with Gasteiger partial charge in [0.05, 0.1) is 11.6 Å². The van der Waals surface area contributed by atoms with Crippen LogP contribution in [0.4, 0.5) is 5.82 Å². The minimum absolute atomic E-state index is 0.0321. The average molecular weight is 234 g/mol. The van der Waals surface area contributed by atoms with Crippen LogP contribution in [0.2, 0.25) is 0 Å². The molecule has 0 saturated carbocycles. The van der Waals surface area contributed by atoms with Gasteiger partial charge in [-0.2, -0.15) is 0 Å². The second-order valence-electron chi connectivity index (χ2n) is 3.83. The maximum Gasteiger partial charge on any atom is 0.255 e. The van der Waals surface area contributed by atoms with Crippen molar-refractivity contribution in [3.8, 4) is 0 Å². The lowest BCUT2D eigenvalue weighted by atomic mass is 10.2. The Hall–Kier alpha value is -2.11. The first kappa shape index (κ1) is 11.4. The number of nitrogens with zero attached hydrogens (tertiary/aromatic N) is 1. The molecule has 1 aliphatic rings. The highest BCUT2D eigenvalue weighted by molar-refractivity contribution is 5.99. The van der Waals surface area contributed by atoms with E-state index in [0.29, 0.717) is 24.3 Å². The van der Waals surface area contributed by atoms with Crippen LogP contribution in [0.25, 0.3) is 0 Å². The Kier molecular flexibility index (Phi) is 3.22. The van der Waals surface area contributed by atoms with Crippen molar-refractivity contribution in [3.63, 3.8) is 0 Å². The van der Waals surface area contributed by atoms with Crippen LogP contribution in [0, 0.1) is 0 Å². The highest BCUT2D eigenvalue weighted by atomic mass is 16.2. The van der Waals surface area contributed by atoms with E-state index in [0.717, 1.165) is 0 Å². The molecule has 1 unspecified atom stereocenters. The van der Waals surface area contributed by atoms with E-state index in [9.17, 15) is 9.59 Å². The molecular formula is C11H14N4O2. The summed E-state index contributed by atoms with van der Waals surface area (Å²) >= 11 is 0. The molecule has 0 radical (unpaired) electrons. The van der Waals surface area contributed by atoms with Gasteiger partial charge in [-0.25, -0.2) is 4.98 Å². The van der Waals surface area contributed by atoms with Crippen LogP contribution in [0.15, 0.2) is 18.3 Å². The van der Waals surface area contributed by atoms with E-state index >= 15 is 0 Å². The fraction of sp³-hybridized carbons (Fsp3) is 0.364. The third-order valence-corrected chi connectivity index (χ3v) is 2.60. The van der Waals surface area contributed by atoms with Gasteiger partial charge in [0.15, 0.2) is 0 Å². The van der Waals surface area contributed by atoms with Crippen molar-refractivity contribution in [2.45, 2.75) is 12.5 Å². The summed E-state index contributed by atoms with van der Waals surface area (Å²) in [5.74, 6) is 0.279. The van der Waals surface area contributed by atoms with Gasteiger partial charge in [0, 0.05) is 26.2 Å². The molecule has 0 aliphatic carbocycles. The molecule has 0 bridgehead atoms. The fourth-order valence-corrected chi connectivity index (χ4v) is 1.76. The number of nitrogens with one attached hydrogen (secondary N) is 3. The van der Waals surface area contributed by atoms with E-state index in [2.05, 4.69) is 20.9 Å². The Balaban J connectivity index is 2.06. The highest BCUT2D eigenvalue weighted by Gasteiger charge is 2.24. The molecule has 2 amide bonds. The predicted molar refractivity (Wildman–Crippen MR) is 62.7 cm³/mol. The first-order valence-electron chi connectivity index (χ1n) is 5.41. The Morgan fingerprint density at radius 2 is 2.41 bits per heavy atom. The van der Waals surface area contributed by atoms with Gasteiger partial charge in [0.1, 0.15) is 5.82 Å². The summed E-state index contributed by atoms with van der Waals surface area (Å²) in [7, 11) is 1.71. The van der Waals surface area contributed by atoms with Gasteiger partial charge in [0.2, 0.25) is 5.91 Å². The van der Waals surface area contributed by atoms with Crippen LogP contribution in [-0.2, 0) is 4.79 Å². The first-order chi connectivity index (χ1) is 8.20. The Morgan fingerprint density at radius 3 is 3.06 bits per heavy atom. The van der Waals surface area contributed by atoms with Crippen LogP contribution in [0.3, 0.4) is 0 Å². The maximum atomic E-state index is 12.0. The van der Waals surface area contributed by atoms with Gasteiger partial charge in [-0.05, 0) is 12.1 Å². The molecule has 1 saturated heterocycles. The van der Waals surface area contributed by atoms with Crippen molar-refractivity contribution in [2.24, 2.45) is 0 Å². The average Bonchev–Trinajstić information content (AvgIpc) is 2.74. The van der Waals surface area contributed by atoms with Gasteiger partial charge in [-0.15, -0.1) is 0 Å². The highest BCUT2D eigenvalue weighted by Crippen LogP contribution is 2.11. The van der Waals surface area contributed by atoms with E-state index < -0.39 is 0 Å². The predicted octanol–water partition coefficient (Wildman–Crippen LogP) is -0.258. The quantitative estimate of drug-likeness (QED) is 0.673. The minimum Gasteiger partial charge on any atom is -0.372 e. The number of carbonyl (C=O) groups excluding carboxylic acids is 2. The molecule has 1 atom stereocenters. The number of aromatic nitrogens is 1. The van der Waals surface area contributed by atoms with Crippen molar-refractivity contribution in [1.29, 1.82) is 0 Å². The summed E-state index contributed by atoms with van der Waals surface area (Å²) in [5.41, 5.74) is 0.481. The third kappa shape index (κ3) is 2.52. The van der Waals surface area contributed by atoms with Gasteiger partial charge in [-0.1, -0.05) is 0 Å². The fourth-order valence-electron chi connectivity index (χ4n) is 1.76. The molecule has 1 aromatic heterocycles. The van der Waals surface area contributed by atoms with Gasteiger partial charge < -0.3 is 16.0 Å². The molecule has 6 heteroatoms. The lowest BCUT2D eigenvalue weighted by molar-refractivity contribution is -0.119. The number of hydrogen-bond donors (Lipinski definition) is 3. The molecule has 1 aromatic rings. The second kappa shape index (κ2) is 4.82. The lowest BCUT2D eigenvalue weighted by Gasteiger charge is -2.12. The standard InChI is InChI=1S/C11H14N4O2/c1-12-10-8(3-2-4-13-10)11(17)15-7-5-9(16)14-6-7/h2-4,7H,5-6H2,1H3,(H,12,13)(H,14,16)(H,15,17).